The van der Waals surface area contributed by atoms with E-state index < -0.39 is 5.97 Å². The van der Waals surface area contributed by atoms with Crippen molar-refractivity contribution >= 4 is 46.8 Å². The molecule has 5 nitrogen and oxygen atoms in total. The first-order valence-corrected chi connectivity index (χ1v) is 9.84. The average Bonchev–Trinajstić information content (AvgIpc) is 2.66. The number of esters is 1. The third-order valence-corrected chi connectivity index (χ3v) is 5.13. The number of methoxy groups -OCH3 is 1. The van der Waals surface area contributed by atoms with Gasteiger partial charge in [0, 0.05) is 34.2 Å². The molecule has 0 saturated carbocycles. The number of amides is 1. The lowest BCUT2D eigenvalue weighted by Gasteiger charge is -2.10. The fourth-order valence-corrected chi connectivity index (χ4v) is 3.44. The van der Waals surface area contributed by atoms with Gasteiger partial charge >= 0.3 is 5.97 Å². The van der Waals surface area contributed by atoms with Crippen molar-refractivity contribution in [3.05, 3.63) is 63.6 Å². The van der Waals surface area contributed by atoms with E-state index in [1.165, 1.54) is 11.8 Å². The molecular weight excluding hydrogens is 409 g/mol. The number of ether oxygens (including phenoxy) is 2. The Morgan fingerprint density at radius 3 is 2.67 bits per heavy atom. The molecule has 0 radical (unpaired) electrons. The van der Waals surface area contributed by atoms with Gasteiger partial charge in [0.05, 0.1) is 17.9 Å². The largest absolute Gasteiger partial charge is 0.457 e. The normalized spacial score (nSPS) is 10.5. The Bertz CT molecular complexity index is 801. The van der Waals surface area contributed by atoms with Gasteiger partial charge in [0.1, 0.15) is 6.61 Å². The third kappa shape index (κ3) is 7.07. The summed E-state index contributed by atoms with van der Waals surface area (Å²) in [5, 5.41) is 3.68. The van der Waals surface area contributed by atoms with E-state index in [2.05, 4.69) is 5.32 Å². The molecule has 0 bridgehead atoms. The number of nitrogens with one attached hydrogen (secondary N) is 1. The van der Waals surface area contributed by atoms with Crippen molar-refractivity contribution in [1.82, 2.24) is 5.32 Å². The molecule has 2 aromatic carbocycles. The maximum Gasteiger partial charge on any atom is 0.339 e. The minimum Gasteiger partial charge on any atom is -0.457 e. The number of hydrogen-bond donors (Lipinski definition) is 1. The van der Waals surface area contributed by atoms with Crippen molar-refractivity contribution in [3.8, 4) is 0 Å². The van der Waals surface area contributed by atoms with Gasteiger partial charge in [-0.05, 0) is 24.3 Å². The van der Waals surface area contributed by atoms with Crippen LogP contribution in [0.1, 0.15) is 15.9 Å². The van der Waals surface area contributed by atoms with E-state index in [4.69, 9.17) is 32.7 Å². The Labute approximate surface area is 172 Å². The van der Waals surface area contributed by atoms with E-state index in [-0.39, 0.29) is 18.3 Å². The highest BCUT2D eigenvalue weighted by Gasteiger charge is 2.15. The first kappa shape index (κ1) is 21.6. The van der Waals surface area contributed by atoms with Crippen molar-refractivity contribution in [2.75, 3.05) is 26.0 Å². The van der Waals surface area contributed by atoms with Crippen molar-refractivity contribution in [2.45, 2.75) is 11.5 Å². The molecule has 0 spiro atoms. The number of halogens is 2. The molecule has 0 atom stereocenters. The topological polar surface area (TPSA) is 64.6 Å². The lowest BCUT2D eigenvalue weighted by atomic mass is 10.2. The third-order valence-electron chi connectivity index (χ3n) is 3.47. The fourth-order valence-electron chi connectivity index (χ4n) is 2.11. The zero-order valence-electron chi connectivity index (χ0n) is 14.7. The quantitative estimate of drug-likeness (QED) is 0.368. The molecular formula is C19H19Cl2NO4S. The van der Waals surface area contributed by atoms with Crippen LogP contribution in [0.2, 0.25) is 10.0 Å². The number of hydrogen-bond acceptors (Lipinski definition) is 5. The van der Waals surface area contributed by atoms with Gasteiger partial charge in [0.25, 0.3) is 0 Å². The second-order valence-corrected chi connectivity index (χ2v) is 7.30. The van der Waals surface area contributed by atoms with Crippen LogP contribution in [0.5, 0.6) is 0 Å². The molecule has 1 amide bonds. The molecule has 0 aliphatic carbocycles. The number of benzene rings is 2. The number of rotatable bonds is 9. The van der Waals surface area contributed by atoms with Gasteiger partial charge in [-0.15, -0.1) is 11.8 Å². The summed E-state index contributed by atoms with van der Waals surface area (Å²) in [5.74, 6) is -0.422. The van der Waals surface area contributed by atoms with Crippen LogP contribution in [0.25, 0.3) is 0 Å². The summed E-state index contributed by atoms with van der Waals surface area (Å²) in [6.07, 6.45) is 0. The van der Waals surface area contributed by atoms with Crippen LogP contribution in [0.4, 0.5) is 0 Å². The monoisotopic (exact) mass is 427 g/mol. The molecule has 0 unspecified atom stereocenters. The predicted octanol–water partition coefficient (Wildman–Crippen LogP) is 4.21. The smallest absolute Gasteiger partial charge is 0.339 e. The maximum absolute atomic E-state index is 12.5. The standard InChI is InChI=1S/C19H19Cl2NO4S/c1-25-9-8-22-18(23)12-27-17-5-3-2-4-15(17)19(24)26-11-13-6-7-14(20)10-16(13)21/h2-7,10H,8-9,11-12H2,1H3,(H,22,23). The summed E-state index contributed by atoms with van der Waals surface area (Å²) in [4.78, 5) is 24.9. The summed E-state index contributed by atoms with van der Waals surface area (Å²) in [7, 11) is 1.57. The molecule has 0 fully saturated rings. The highest BCUT2D eigenvalue weighted by molar-refractivity contribution is 8.00. The van der Waals surface area contributed by atoms with Crippen LogP contribution in [-0.2, 0) is 20.9 Å². The molecule has 0 saturated heterocycles. The minimum atomic E-state index is -0.482. The fraction of sp³-hybridized carbons (Fsp3) is 0.263. The summed E-state index contributed by atoms with van der Waals surface area (Å²) < 4.78 is 10.2. The summed E-state index contributed by atoms with van der Waals surface area (Å²) >= 11 is 13.2. The Balaban J connectivity index is 1.95. The van der Waals surface area contributed by atoms with Crippen LogP contribution in [0, 0.1) is 0 Å². The summed E-state index contributed by atoms with van der Waals surface area (Å²) in [6, 6.07) is 12.0. The molecule has 0 heterocycles. The zero-order chi connectivity index (χ0) is 19.6. The zero-order valence-corrected chi connectivity index (χ0v) is 17.0. The molecule has 2 aromatic rings. The van der Waals surface area contributed by atoms with Crippen molar-refractivity contribution in [2.24, 2.45) is 0 Å². The first-order chi connectivity index (χ1) is 13.0. The minimum absolute atomic E-state index is 0.0331. The Morgan fingerprint density at radius 2 is 1.93 bits per heavy atom. The van der Waals surface area contributed by atoms with Crippen LogP contribution < -0.4 is 5.32 Å². The molecule has 8 heteroatoms. The van der Waals surface area contributed by atoms with Crippen LogP contribution in [0.3, 0.4) is 0 Å². The van der Waals surface area contributed by atoms with Gasteiger partial charge in [-0.1, -0.05) is 41.4 Å². The van der Waals surface area contributed by atoms with Gasteiger partial charge in [-0.25, -0.2) is 4.79 Å². The maximum atomic E-state index is 12.5. The second kappa shape index (κ2) is 11.2. The van der Waals surface area contributed by atoms with Gasteiger partial charge < -0.3 is 14.8 Å². The van der Waals surface area contributed by atoms with Gasteiger partial charge in [-0.3, -0.25) is 4.79 Å². The van der Waals surface area contributed by atoms with Crippen molar-refractivity contribution < 1.29 is 19.1 Å². The Kier molecular flexibility index (Phi) is 8.94. The van der Waals surface area contributed by atoms with Crippen LogP contribution >= 0.6 is 35.0 Å². The molecule has 0 aliphatic heterocycles. The first-order valence-electron chi connectivity index (χ1n) is 8.09. The average molecular weight is 428 g/mol. The van der Waals surface area contributed by atoms with Crippen LogP contribution in [0.15, 0.2) is 47.4 Å². The predicted molar refractivity (Wildman–Crippen MR) is 108 cm³/mol. The number of carbonyl (C=O) groups excluding carboxylic acids is 2. The Morgan fingerprint density at radius 1 is 1.15 bits per heavy atom. The summed E-state index contributed by atoms with van der Waals surface area (Å²) in [6.45, 7) is 0.930. The van der Waals surface area contributed by atoms with E-state index in [9.17, 15) is 9.59 Å². The van der Waals surface area contributed by atoms with E-state index >= 15 is 0 Å². The lowest BCUT2D eigenvalue weighted by Crippen LogP contribution is -2.28. The Hall–Kier alpha value is -1.73. The second-order valence-electron chi connectivity index (χ2n) is 5.44. The molecule has 144 valence electrons. The SMILES string of the molecule is COCCNC(=O)CSc1ccccc1C(=O)OCc1ccc(Cl)cc1Cl. The number of thioether (sulfide) groups is 1. The number of carbonyl (C=O) groups is 2. The van der Waals surface area contributed by atoms with E-state index in [0.717, 1.165) is 0 Å². The van der Waals surface area contributed by atoms with Gasteiger partial charge in [0.2, 0.25) is 5.91 Å². The molecule has 0 aromatic heterocycles. The van der Waals surface area contributed by atoms with E-state index in [1.807, 2.05) is 0 Å². The van der Waals surface area contributed by atoms with Crippen molar-refractivity contribution in [1.29, 1.82) is 0 Å². The highest BCUT2D eigenvalue weighted by atomic mass is 35.5. The lowest BCUT2D eigenvalue weighted by molar-refractivity contribution is -0.118. The van der Waals surface area contributed by atoms with Crippen molar-refractivity contribution in [3.63, 3.8) is 0 Å². The summed E-state index contributed by atoms with van der Waals surface area (Å²) in [5.41, 5.74) is 1.06. The van der Waals surface area contributed by atoms with E-state index in [1.54, 1.807) is 49.6 Å². The van der Waals surface area contributed by atoms with Gasteiger partial charge in [0.15, 0.2) is 0 Å². The molecule has 0 aliphatic rings. The van der Waals surface area contributed by atoms with Gasteiger partial charge in [-0.2, -0.15) is 0 Å². The molecule has 2 rings (SSSR count). The van der Waals surface area contributed by atoms with Crippen LogP contribution in [-0.4, -0.2) is 37.9 Å². The molecule has 27 heavy (non-hydrogen) atoms. The molecule has 1 N–H and O–H groups in total. The van der Waals surface area contributed by atoms with E-state index in [0.29, 0.717) is 39.2 Å². The highest BCUT2D eigenvalue weighted by Crippen LogP contribution is 2.25.